The Kier molecular flexibility index (Phi) is 5.15. The maximum atomic E-state index is 13.2. The second-order valence-electron chi connectivity index (χ2n) is 8.33. The minimum atomic E-state index is -0.464. The summed E-state index contributed by atoms with van der Waals surface area (Å²) in [4.78, 5) is 28.9. The number of likely N-dealkylation sites (tertiary alicyclic amines) is 1. The van der Waals surface area contributed by atoms with Crippen LogP contribution in [-0.2, 0) is 28.2 Å². The number of carbonyl (C=O) groups is 1. The first-order valence-corrected chi connectivity index (χ1v) is 11.3. The summed E-state index contributed by atoms with van der Waals surface area (Å²) in [6.07, 6.45) is 6.97. The van der Waals surface area contributed by atoms with E-state index in [4.69, 9.17) is 4.74 Å². The second kappa shape index (κ2) is 7.79. The molecule has 156 valence electrons. The molecule has 0 aliphatic carbocycles. The van der Waals surface area contributed by atoms with Gasteiger partial charge < -0.3 is 19.1 Å². The summed E-state index contributed by atoms with van der Waals surface area (Å²) in [6, 6.07) is 0. The fourth-order valence-corrected chi connectivity index (χ4v) is 5.35. The molecule has 1 unspecified atom stereocenters. The number of nitrogens with zero attached hydrogens (tertiary/aromatic N) is 6. The fraction of sp³-hybridized carbons (Fsp3) is 0.650. The van der Waals surface area contributed by atoms with Crippen molar-refractivity contribution in [3.8, 4) is 0 Å². The zero-order chi connectivity index (χ0) is 19.8. The van der Waals surface area contributed by atoms with E-state index < -0.39 is 11.7 Å². The maximum Gasteiger partial charge on any atom is 0.253 e. The molecule has 0 N–H and O–H groups in total. The van der Waals surface area contributed by atoms with Crippen molar-refractivity contribution in [3.63, 3.8) is 0 Å². The largest absolute Gasteiger partial charge is 0.352 e. The van der Waals surface area contributed by atoms with E-state index in [9.17, 15) is 4.79 Å². The molecule has 0 saturated carbocycles. The lowest BCUT2D eigenvalue weighted by Crippen LogP contribution is -2.56. The van der Waals surface area contributed by atoms with E-state index in [0.29, 0.717) is 6.54 Å². The number of carbonyl (C=O) groups excluding carboxylic acids is 1. The highest BCUT2D eigenvalue weighted by atomic mass is 32.1. The zero-order valence-corrected chi connectivity index (χ0v) is 17.7. The second-order valence-corrected chi connectivity index (χ2v) is 9.31. The van der Waals surface area contributed by atoms with E-state index in [1.807, 2.05) is 28.9 Å². The molecule has 1 spiro atoms. The molecule has 9 heteroatoms. The van der Waals surface area contributed by atoms with Crippen LogP contribution >= 0.6 is 11.3 Å². The smallest absolute Gasteiger partial charge is 0.253 e. The van der Waals surface area contributed by atoms with Crippen LogP contribution in [0.5, 0.6) is 0 Å². The van der Waals surface area contributed by atoms with Gasteiger partial charge in [-0.1, -0.05) is 0 Å². The zero-order valence-electron chi connectivity index (χ0n) is 16.9. The number of piperazine rings is 1. The molecule has 0 aromatic carbocycles. The number of fused-ring (bicyclic) bond motifs is 2. The monoisotopic (exact) mass is 416 g/mol. The molecule has 5 heterocycles. The molecular formula is C20H28N6O2S. The van der Waals surface area contributed by atoms with Crippen molar-refractivity contribution in [2.75, 3.05) is 46.3 Å². The van der Waals surface area contributed by atoms with Gasteiger partial charge in [0.1, 0.15) is 16.4 Å². The molecule has 0 radical (unpaired) electrons. The number of likely N-dealkylation sites (N-methyl/N-ethyl adjacent to an activating group) is 1. The van der Waals surface area contributed by atoms with Gasteiger partial charge in [-0.25, -0.2) is 9.97 Å². The highest BCUT2D eigenvalue weighted by Gasteiger charge is 2.47. The number of piperidine rings is 1. The summed E-state index contributed by atoms with van der Waals surface area (Å²) in [5.41, 5.74) is -0.464. The lowest BCUT2D eigenvalue weighted by atomic mass is 9.88. The SMILES string of the molecule is CN1CCN(C(=O)C2Cn3ccnc3C3(CCN(Cc4nccs4)CC3)O2)CC1. The van der Waals surface area contributed by atoms with Gasteiger partial charge in [0.25, 0.3) is 5.91 Å². The quantitative estimate of drug-likeness (QED) is 0.744. The molecule has 1 amide bonds. The average molecular weight is 417 g/mol. The van der Waals surface area contributed by atoms with Crippen molar-refractivity contribution in [1.82, 2.24) is 29.2 Å². The molecule has 1 atom stereocenters. The van der Waals surface area contributed by atoms with Gasteiger partial charge in [0.05, 0.1) is 13.1 Å². The Bertz CT molecular complexity index is 837. The standard InChI is InChI=1S/C20H28N6O2S/c1-23-9-11-25(12-10-23)18(27)16-14-26-8-4-22-19(26)20(28-16)2-6-24(7-3-20)15-17-21-5-13-29-17/h4-5,8,13,16H,2-3,6-7,9-12,14-15H2,1H3. The Balaban J connectivity index is 1.30. The first-order valence-electron chi connectivity index (χ1n) is 10.4. The first kappa shape index (κ1) is 19.2. The average Bonchev–Trinajstić information content (AvgIpc) is 3.42. The van der Waals surface area contributed by atoms with Gasteiger partial charge in [0, 0.05) is 63.2 Å². The van der Waals surface area contributed by atoms with Crippen LogP contribution in [0.1, 0.15) is 23.7 Å². The Morgan fingerprint density at radius 2 is 1.97 bits per heavy atom. The van der Waals surface area contributed by atoms with Crippen LogP contribution in [0.15, 0.2) is 24.0 Å². The summed E-state index contributed by atoms with van der Waals surface area (Å²) in [7, 11) is 2.10. The van der Waals surface area contributed by atoms with E-state index in [-0.39, 0.29) is 5.91 Å². The van der Waals surface area contributed by atoms with Crippen LogP contribution in [-0.4, -0.2) is 87.6 Å². The normalized spacial score (nSPS) is 25.3. The van der Waals surface area contributed by atoms with Gasteiger partial charge in [-0.2, -0.15) is 0 Å². The van der Waals surface area contributed by atoms with E-state index in [0.717, 1.165) is 69.5 Å². The van der Waals surface area contributed by atoms with E-state index in [1.165, 1.54) is 0 Å². The van der Waals surface area contributed by atoms with Crippen molar-refractivity contribution in [2.45, 2.75) is 37.6 Å². The minimum absolute atomic E-state index is 0.127. The van der Waals surface area contributed by atoms with Crippen molar-refractivity contribution in [2.24, 2.45) is 0 Å². The minimum Gasteiger partial charge on any atom is -0.352 e. The van der Waals surface area contributed by atoms with Gasteiger partial charge >= 0.3 is 0 Å². The topological polar surface area (TPSA) is 66.7 Å². The number of thiazole rings is 1. The third-order valence-electron chi connectivity index (χ3n) is 6.45. The summed E-state index contributed by atoms with van der Waals surface area (Å²) in [5, 5.41) is 3.17. The first-order chi connectivity index (χ1) is 14.1. The fourth-order valence-electron chi connectivity index (χ4n) is 4.69. The Hall–Kier alpha value is -1.81. The molecule has 5 rings (SSSR count). The van der Waals surface area contributed by atoms with Crippen LogP contribution in [0.4, 0.5) is 0 Å². The molecule has 3 aliphatic rings. The summed E-state index contributed by atoms with van der Waals surface area (Å²) >= 11 is 1.70. The molecule has 29 heavy (non-hydrogen) atoms. The van der Waals surface area contributed by atoms with E-state index in [1.54, 1.807) is 11.3 Å². The molecule has 2 saturated heterocycles. The Morgan fingerprint density at radius 1 is 1.17 bits per heavy atom. The Morgan fingerprint density at radius 3 is 2.69 bits per heavy atom. The summed E-state index contributed by atoms with van der Waals surface area (Å²) in [5.74, 6) is 1.11. The van der Waals surface area contributed by atoms with Gasteiger partial charge in [-0.05, 0) is 19.9 Å². The molecule has 2 aromatic heterocycles. The Labute approximate surface area is 175 Å². The number of hydrogen-bond acceptors (Lipinski definition) is 7. The van der Waals surface area contributed by atoms with E-state index in [2.05, 4.69) is 31.4 Å². The predicted octanol–water partition coefficient (Wildman–Crippen LogP) is 1.00. The van der Waals surface area contributed by atoms with Crippen LogP contribution in [0.2, 0.25) is 0 Å². The van der Waals surface area contributed by atoms with Crippen molar-refractivity contribution < 1.29 is 9.53 Å². The molecule has 2 fully saturated rings. The maximum absolute atomic E-state index is 13.2. The third-order valence-corrected chi connectivity index (χ3v) is 7.21. The van der Waals surface area contributed by atoms with Crippen molar-refractivity contribution in [1.29, 1.82) is 0 Å². The van der Waals surface area contributed by atoms with Crippen LogP contribution in [0, 0.1) is 0 Å². The highest BCUT2D eigenvalue weighted by Crippen LogP contribution is 2.40. The number of ether oxygens (including phenoxy) is 1. The van der Waals surface area contributed by atoms with Crippen LogP contribution in [0.3, 0.4) is 0 Å². The van der Waals surface area contributed by atoms with Crippen LogP contribution in [0.25, 0.3) is 0 Å². The predicted molar refractivity (Wildman–Crippen MR) is 109 cm³/mol. The van der Waals surface area contributed by atoms with E-state index >= 15 is 0 Å². The molecule has 8 nitrogen and oxygen atoms in total. The lowest BCUT2D eigenvalue weighted by Gasteiger charge is -2.46. The van der Waals surface area contributed by atoms with Gasteiger partial charge in [-0.15, -0.1) is 11.3 Å². The number of rotatable bonds is 3. The molecule has 3 aliphatic heterocycles. The highest BCUT2D eigenvalue weighted by molar-refractivity contribution is 7.09. The van der Waals surface area contributed by atoms with Crippen molar-refractivity contribution >= 4 is 17.2 Å². The lowest BCUT2D eigenvalue weighted by molar-refractivity contribution is -0.182. The number of aromatic nitrogens is 3. The van der Waals surface area contributed by atoms with Gasteiger partial charge in [-0.3, -0.25) is 9.69 Å². The third kappa shape index (κ3) is 3.72. The van der Waals surface area contributed by atoms with Crippen LogP contribution < -0.4 is 0 Å². The number of amides is 1. The van der Waals surface area contributed by atoms with Crippen molar-refractivity contribution in [3.05, 3.63) is 34.8 Å². The number of imidazole rings is 1. The van der Waals surface area contributed by atoms with Gasteiger partial charge in [0.15, 0.2) is 6.10 Å². The number of hydrogen-bond donors (Lipinski definition) is 0. The molecule has 2 aromatic rings. The summed E-state index contributed by atoms with van der Waals surface area (Å²) in [6.45, 7) is 6.68. The molecular weight excluding hydrogens is 388 g/mol. The molecule has 0 bridgehead atoms. The summed E-state index contributed by atoms with van der Waals surface area (Å²) < 4.78 is 8.73. The van der Waals surface area contributed by atoms with Gasteiger partial charge in [0.2, 0.25) is 0 Å².